The van der Waals surface area contributed by atoms with Crippen molar-refractivity contribution in [3.05, 3.63) is 10.4 Å². The van der Waals surface area contributed by atoms with Gasteiger partial charge in [-0.3, -0.25) is 0 Å². The van der Waals surface area contributed by atoms with Crippen LogP contribution in [0, 0.1) is 0 Å². The smallest absolute Gasteiger partial charge is 0.407 e. The van der Waals surface area contributed by atoms with E-state index in [2.05, 4.69) is 10.0 Å². The van der Waals surface area contributed by atoms with Crippen molar-refractivity contribution in [2.75, 3.05) is 18.6 Å². The summed E-state index contributed by atoms with van der Waals surface area (Å²) < 4.78 is 22.2. The molecule has 0 bridgehead atoms. The summed E-state index contributed by atoms with van der Waals surface area (Å²) in [5.41, 5.74) is 8.24. The third-order valence-corrected chi connectivity index (χ3v) is 3.34. The highest BCUT2D eigenvalue weighted by Crippen LogP contribution is 2.21. The molecule has 1 aliphatic heterocycles. The molecule has 0 aromatic rings. The second kappa shape index (κ2) is 4.58. The van der Waals surface area contributed by atoms with E-state index in [1.807, 2.05) is 0 Å². The summed E-state index contributed by atoms with van der Waals surface area (Å²) in [5.74, 6) is -0.239. The highest BCUT2D eigenvalue weighted by atomic mass is 32.2. The van der Waals surface area contributed by atoms with Gasteiger partial charge >= 0.3 is 6.09 Å². The fraction of sp³-hybridized carbons (Fsp3) is 0.857. The maximum Gasteiger partial charge on any atom is 0.407 e. The molecule has 0 saturated carbocycles. The largest absolute Gasteiger partial charge is 0.465 e. The lowest BCUT2D eigenvalue weighted by atomic mass is 10.2. The molecule has 1 heterocycles. The minimum absolute atomic E-state index is 0.0551. The van der Waals surface area contributed by atoms with Crippen LogP contribution in [0.15, 0.2) is 5.11 Å². The van der Waals surface area contributed by atoms with E-state index in [4.69, 9.17) is 10.6 Å². The van der Waals surface area contributed by atoms with Crippen molar-refractivity contribution in [1.29, 1.82) is 0 Å². The molecule has 0 aromatic carbocycles. The third-order valence-electron chi connectivity index (χ3n) is 2.35. The molecule has 1 N–H and O–H groups in total. The Kier molecular flexibility index (Phi) is 3.61. The van der Waals surface area contributed by atoms with Gasteiger partial charge in [-0.2, -0.15) is 0 Å². The monoisotopic (exact) mass is 248 g/mol. The number of rotatable bonds is 3. The first-order valence-corrected chi connectivity index (χ1v) is 6.61. The highest BCUT2D eigenvalue weighted by Gasteiger charge is 2.36. The van der Waals surface area contributed by atoms with Crippen molar-refractivity contribution >= 4 is 15.9 Å². The summed E-state index contributed by atoms with van der Waals surface area (Å²) in [6, 6.07) is -1.10. The highest BCUT2D eigenvalue weighted by molar-refractivity contribution is 7.90. The van der Waals surface area contributed by atoms with Gasteiger partial charge < -0.3 is 10.0 Å². The van der Waals surface area contributed by atoms with Crippen LogP contribution >= 0.6 is 0 Å². The minimum Gasteiger partial charge on any atom is -0.465 e. The molecular formula is C7H12N4O4S. The lowest BCUT2D eigenvalue weighted by molar-refractivity contribution is 0.143. The number of amides is 1. The van der Waals surface area contributed by atoms with Gasteiger partial charge in [0.15, 0.2) is 0 Å². The first-order chi connectivity index (χ1) is 7.33. The van der Waals surface area contributed by atoms with Crippen LogP contribution in [0.5, 0.6) is 0 Å². The van der Waals surface area contributed by atoms with E-state index in [1.165, 1.54) is 0 Å². The summed E-state index contributed by atoms with van der Waals surface area (Å²) in [6.45, 7) is 0.0551. The molecule has 8 nitrogen and oxygen atoms in total. The Balaban J connectivity index is 2.81. The predicted molar refractivity (Wildman–Crippen MR) is 55.8 cm³/mol. The van der Waals surface area contributed by atoms with E-state index in [0.717, 1.165) is 11.2 Å². The number of azide groups is 1. The van der Waals surface area contributed by atoms with E-state index in [1.54, 1.807) is 0 Å². The lowest BCUT2D eigenvalue weighted by Crippen LogP contribution is -2.38. The summed E-state index contributed by atoms with van der Waals surface area (Å²) >= 11 is 0. The van der Waals surface area contributed by atoms with Crippen molar-refractivity contribution < 1.29 is 18.3 Å². The fourth-order valence-corrected chi connectivity index (χ4v) is 2.81. The SMILES string of the molecule is CS(=O)(=O)C[C@@H]1C[C@@H](N=[N+]=[N-])CN1C(=O)O. The van der Waals surface area contributed by atoms with Crippen LogP contribution in [-0.4, -0.2) is 55.2 Å². The van der Waals surface area contributed by atoms with E-state index >= 15 is 0 Å². The van der Waals surface area contributed by atoms with Crippen LogP contribution in [0.2, 0.25) is 0 Å². The minimum atomic E-state index is -3.25. The first-order valence-electron chi connectivity index (χ1n) is 4.55. The van der Waals surface area contributed by atoms with Gasteiger partial charge in [-0.15, -0.1) is 0 Å². The first kappa shape index (κ1) is 12.6. The Bertz CT molecular complexity index is 428. The van der Waals surface area contributed by atoms with Gasteiger partial charge in [-0.05, 0) is 12.0 Å². The second-order valence-electron chi connectivity index (χ2n) is 3.78. The molecule has 2 atom stereocenters. The molecule has 0 unspecified atom stereocenters. The third kappa shape index (κ3) is 3.28. The zero-order valence-electron chi connectivity index (χ0n) is 8.65. The van der Waals surface area contributed by atoms with Crippen LogP contribution < -0.4 is 0 Å². The van der Waals surface area contributed by atoms with E-state index < -0.39 is 28.0 Å². The molecule has 1 fully saturated rings. The topological polar surface area (TPSA) is 123 Å². The number of sulfone groups is 1. The van der Waals surface area contributed by atoms with Crippen molar-refractivity contribution in [2.45, 2.75) is 18.5 Å². The van der Waals surface area contributed by atoms with Crippen LogP contribution in [-0.2, 0) is 9.84 Å². The standard InChI is InChI=1S/C7H12N4O4S/c1-16(14,15)4-6-2-5(9-10-8)3-11(6)7(12)13/h5-6H,2-4H2,1H3,(H,12,13)/t5-,6+/m1/s1. The number of carboxylic acid groups (broad SMARTS) is 1. The molecule has 1 aliphatic rings. The normalized spacial score (nSPS) is 25.2. The maximum absolute atomic E-state index is 11.1. The number of likely N-dealkylation sites (tertiary alicyclic amines) is 1. The quantitative estimate of drug-likeness (QED) is 0.442. The van der Waals surface area contributed by atoms with Gasteiger partial charge in [0.05, 0.1) is 11.8 Å². The van der Waals surface area contributed by atoms with Gasteiger partial charge in [0, 0.05) is 23.8 Å². The fourth-order valence-electron chi connectivity index (χ4n) is 1.79. The number of hydrogen-bond acceptors (Lipinski definition) is 4. The summed E-state index contributed by atoms with van der Waals surface area (Å²) in [5, 5.41) is 12.3. The van der Waals surface area contributed by atoms with Gasteiger partial charge in [0.1, 0.15) is 9.84 Å². The molecule has 0 aromatic heterocycles. The molecule has 0 aliphatic carbocycles. The predicted octanol–water partition coefficient (Wildman–Crippen LogP) is 0.462. The van der Waals surface area contributed by atoms with Gasteiger partial charge in [-0.25, -0.2) is 13.2 Å². The van der Waals surface area contributed by atoms with Gasteiger partial charge in [-0.1, -0.05) is 5.11 Å². The van der Waals surface area contributed by atoms with Gasteiger partial charge in [0.2, 0.25) is 0 Å². The van der Waals surface area contributed by atoms with Crippen LogP contribution in [0.4, 0.5) is 4.79 Å². The number of nitrogens with zero attached hydrogens (tertiary/aromatic N) is 4. The van der Waals surface area contributed by atoms with Crippen molar-refractivity contribution in [3.8, 4) is 0 Å². The summed E-state index contributed by atoms with van der Waals surface area (Å²) in [7, 11) is -3.25. The van der Waals surface area contributed by atoms with Crippen LogP contribution in [0.1, 0.15) is 6.42 Å². The average molecular weight is 248 g/mol. The Morgan fingerprint density at radius 1 is 1.69 bits per heavy atom. The van der Waals surface area contributed by atoms with Crippen molar-refractivity contribution in [1.82, 2.24) is 4.90 Å². The molecule has 0 spiro atoms. The van der Waals surface area contributed by atoms with E-state index in [-0.39, 0.29) is 18.7 Å². The number of hydrogen-bond donors (Lipinski definition) is 1. The van der Waals surface area contributed by atoms with Crippen LogP contribution in [0.3, 0.4) is 0 Å². The molecular weight excluding hydrogens is 236 g/mol. The van der Waals surface area contributed by atoms with Crippen molar-refractivity contribution in [3.63, 3.8) is 0 Å². The molecule has 16 heavy (non-hydrogen) atoms. The van der Waals surface area contributed by atoms with Gasteiger partial charge in [0.25, 0.3) is 0 Å². The Hall–Kier alpha value is -1.47. The second-order valence-corrected chi connectivity index (χ2v) is 5.96. The van der Waals surface area contributed by atoms with E-state index in [0.29, 0.717) is 0 Å². The molecule has 1 rings (SSSR count). The molecule has 1 saturated heterocycles. The van der Waals surface area contributed by atoms with Crippen LogP contribution in [0.25, 0.3) is 10.4 Å². The van der Waals surface area contributed by atoms with Crippen molar-refractivity contribution in [2.24, 2.45) is 5.11 Å². The zero-order valence-corrected chi connectivity index (χ0v) is 9.46. The lowest BCUT2D eigenvalue weighted by Gasteiger charge is -2.20. The molecule has 0 radical (unpaired) electrons. The Morgan fingerprint density at radius 3 is 2.75 bits per heavy atom. The average Bonchev–Trinajstić information content (AvgIpc) is 2.45. The Morgan fingerprint density at radius 2 is 2.31 bits per heavy atom. The zero-order chi connectivity index (χ0) is 12.3. The molecule has 9 heteroatoms. The summed E-state index contributed by atoms with van der Waals surface area (Å²) in [6.07, 6.45) is 0.112. The number of carbonyl (C=O) groups is 1. The van der Waals surface area contributed by atoms with E-state index in [9.17, 15) is 13.2 Å². The Labute approximate surface area is 92.4 Å². The maximum atomic E-state index is 11.1. The summed E-state index contributed by atoms with van der Waals surface area (Å²) in [4.78, 5) is 14.5. The molecule has 1 amide bonds. The molecule has 90 valence electrons.